The molecule has 0 unspecified atom stereocenters. The SMILES string of the molecule is Fc1ccc(C(CBr)(CBr)Cc2ccc(Cl)cc2)cc1. The quantitative estimate of drug-likeness (QED) is 0.541. The van der Waals surface area contributed by atoms with E-state index in [0.29, 0.717) is 0 Å². The van der Waals surface area contributed by atoms with Crippen molar-refractivity contribution in [1.29, 1.82) is 0 Å². The molecule has 0 saturated carbocycles. The molecule has 2 aromatic rings. The summed E-state index contributed by atoms with van der Waals surface area (Å²) in [7, 11) is 0. The molecule has 0 fully saturated rings. The van der Waals surface area contributed by atoms with Gasteiger partial charge in [0.25, 0.3) is 0 Å². The fourth-order valence-corrected chi connectivity index (χ4v) is 4.28. The van der Waals surface area contributed by atoms with E-state index >= 15 is 0 Å². The summed E-state index contributed by atoms with van der Waals surface area (Å²) in [5, 5.41) is 2.32. The van der Waals surface area contributed by atoms with Gasteiger partial charge >= 0.3 is 0 Å². The summed E-state index contributed by atoms with van der Waals surface area (Å²) in [5.41, 5.74) is 2.21. The molecule has 0 spiro atoms. The van der Waals surface area contributed by atoms with E-state index in [1.54, 1.807) is 0 Å². The standard InChI is InChI=1S/C16H14Br2ClF/c17-10-16(11-18,13-3-7-15(20)8-4-13)9-12-1-5-14(19)6-2-12/h1-8H,9-11H2. The molecule has 0 aliphatic carbocycles. The number of rotatable bonds is 5. The Morgan fingerprint density at radius 1 is 0.900 bits per heavy atom. The van der Waals surface area contributed by atoms with Crippen LogP contribution in [0.4, 0.5) is 4.39 Å². The van der Waals surface area contributed by atoms with Crippen LogP contribution in [-0.2, 0) is 11.8 Å². The summed E-state index contributed by atoms with van der Waals surface area (Å²) in [6.07, 6.45) is 0.853. The predicted molar refractivity (Wildman–Crippen MR) is 90.8 cm³/mol. The maximum absolute atomic E-state index is 13.1. The second kappa shape index (κ2) is 7.06. The minimum Gasteiger partial charge on any atom is -0.207 e. The highest BCUT2D eigenvalue weighted by molar-refractivity contribution is 9.09. The molecule has 0 heterocycles. The number of hydrogen-bond acceptors (Lipinski definition) is 0. The van der Waals surface area contributed by atoms with Gasteiger partial charge in [-0.15, -0.1) is 0 Å². The van der Waals surface area contributed by atoms with Crippen LogP contribution in [-0.4, -0.2) is 10.7 Å². The van der Waals surface area contributed by atoms with Crippen molar-refractivity contribution in [3.8, 4) is 0 Å². The number of hydrogen-bond donors (Lipinski definition) is 0. The summed E-state index contributed by atoms with van der Waals surface area (Å²) in [4.78, 5) is 0. The van der Waals surface area contributed by atoms with E-state index in [2.05, 4.69) is 31.9 Å². The molecular weight excluding hydrogens is 406 g/mol. The second-order valence-corrected chi connectivity index (χ2v) is 6.42. The van der Waals surface area contributed by atoms with E-state index in [1.807, 2.05) is 36.4 Å². The molecule has 0 amide bonds. The van der Waals surface area contributed by atoms with Crippen LogP contribution in [0.25, 0.3) is 0 Å². The lowest BCUT2D eigenvalue weighted by atomic mass is 9.79. The predicted octanol–water partition coefficient (Wildman–Crippen LogP) is 5.75. The highest BCUT2D eigenvalue weighted by Gasteiger charge is 2.30. The van der Waals surface area contributed by atoms with Gasteiger partial charge in [0.1, 0.15) is 5.82 Å². The first-order valence-electron chi connectivity index (χ1n) is 6.22. The van der Waals surface area contributed by atoms with Gasteiger partial charge in [-0.1, -0.05) is 67.7 Å². The van der Waals surface area contributed by atoms with Crippen LogP contribution in [0.2, 0.25) is 5.02 Å². The Balaban J connectivity index is 2.33. The fourth-order valence-electron chi connectivity index (χ4n) is 2.18. The summed E-state index contributed by atoms with van der Waals surface area (Å²) in [6, 6.07) is 14.6. The van der Waals surface area contributed by atoms with Crippen LogP contribution in [0.15, 0.2) is 48.5 Å². The Morgan fingerprint density at radius 3 is 1.95 bits per heavy atom. The fraction of sp³-hybridized carbons (Fsp3) is 0.250. The molecule has 4 heteroatoms. The number of alkyl halides is 2. The normalized spacial score (nSPS) is 11.6. The van der Waals surface area contributed by atoms with Gasteiger partial charge in [0.2, 0.25) is 0 Å². The van der Waals surface area contributed by atoms with Crippen molar-refractivity contribution in [1.82, 2.24) is 0 Å². The molecule has 20 heavy (non-hydrogen) atoms. The molecule has 0 aliphatic rings. The maximum Gasteiger partial charge on any atom is 0.123 e. The first-order chi connectivity index (χ1) is 9.59. The van der Waals surface area contributed by atoms with Crippen molar-refractivity contribution >= 4 is 43.5 Å². The van der Waals surface area contributed by atoms with Gasteiger partial charge in [-0.05, 0) is 41.8 Å². The van der Waals surface area contributed by atoms with Gasteiger partial charge in [0.05, 0.1) is 0 Å². The van der Waals surface area contributed by atoms with Crippen LogP contribution in [0, 0.1) is 5.82 Å². The summed E-state index contributed by atoms with van der Waals surface area (Å²) < 4.78 is 13.1. The van der Waals surface area contributed by atoms with E-state index in [0.717, 1.165) is 27.7 Å². The number of benzene rings is 2. The van der Waals surface area contributed by atoms with Gasteiger partial charge in [-0.3, -0.25) is 0 Å². The Bertz CT molecular complexity index is 548. The van der Waals surface area contributed by atoms with Crippen molar-refractivity contribution in [2.45, 2.75) is 11.8 Å². The van der Waals surface area contributed by atoms with Crippen LogP contribution in [0.5, 0.6) is 0 Å². The summed E-state index contributed by atoms with van der Waals surface area (Å²) >= 11 is 13.1. The molecule has 2 aromatic carbocycles. The van der Waals surface area contributed by atoms with Crippen LogP contribution >= 0.6 is 43.5 Å². The monoisotopic (exact) mass is 418 g/mol. The minimum absolute atomic E-state index is 0.110. The van der Waals surface area contributed by atoms with Crippen molar-refractivity contribution < 1.29 is 4.39 Å². The highest BCUT2D eigenvalue weighted by Crippen LogP contribution is 2.33. The first-order valence-corrected chi connectivity index (χ1v) is 8.84. The molecule has 0 radical (unpaired) electrons. The lowest BCUT2D eigenvalue weighted by molar-refractivity contribution is 0.547. The Kier molecular flexibility index (Phi) is 5.65. The van der Waals surface area contributed by atoms with Crippen molar-refractivity contribution in [2.24, 2.45) is 0 Å². The van der Waals surface area contributed by atoms with Gasteiger partial charge in [0.15, 0.2) is 0 Å². The zero-order chi connectivity index (χ0) is 14.6. The Morgan fingerprint density at radius 2 is 1.45 bits per heavy atom. The van der Waals surface area contributed by atoms with Gasteiger partial charge in [-0.25, -0.2) is 4.39 Å². The lowest BCUT2D eigenvalue weighted by Crippen LogP contribution is -2.33. The molecule has 0 nitrogen and oxygen atoms in total. The summed E-state index contributed by atoms with van der Waals surface area (Å²) in [6.45, 7) is 0. The van der Waals surface area contributed by atoms with Crippen LogP contribution in [0.1, 0.15) is 11.1 Å². The van der Waals surface area contributed by atoms with Gasteiger partial charge in [-0.2, -0.15) is 0 Å². The molecule has 0 aromatic heterocycles. The third-order valence-corrected chi connectivity index (χ3v) is 5.82. The second-order valence-electron chi connectivity index (χ2n) is 4.86. The van der Waals surface area contributed by atoms with Gasteiger partial charge < -0.3 is 0 Å². The topological polar surface area (TPSA) is 0 Å². The lowest BCUT2D eigenvalue weighted by Gasteiger charge is -2.31. The largest absolute Gasteiger partial charge is 0.207 e. The zero-order valence-electron chi connectivity index (χ0n) is 10.8. The van der Waals surface area contributed by atoms with E-state index in [1.165, 1.54) is 17.7 Å². The average Bonchev–Trinajstić information content (AvgIpc) is 2.48. The minimum atomic E-state index is -0.210. The van der Waals surface area contributed by atoms with Crippen LogP contribution < -0.4 is 0 Å². The molecule has 0 saturated heterocycles. The van der Waals surface area contributed by atoms with Gasteiger partial charge in [0, 0.05) is 21.1 Å². The van der Waals surface area contributed by atoms with Crippen LogP contribution in [0.3, 0.4) is 0 Å². The first kappa shape index (κ1) is 16.0. The Hall–Kier alpha value is -0.380. The van der Waals surface area contributed by atoms with Crippen molar-refractivity contribution in [3.63, 3.8) is 0 Å². The Labute approximate surface area is 140 Å². The number of halogens is 4. The average molecular weight is 421 g/mol. The van der Waals surface area contributed by atoms with Crippen molar-refractivity contribution in [3.05, 3.63) is 70.5 Å². The van der Waals surface area contributed by atoms with E-state index in [4.69, 9.17) is 11.6 Å². The smallest absolute Gasteiger partial charge is 0.123 e. The van der Waals surface area contributed by atoms with E-state index < -0.39 is 0 Å². The highest BCUT2D eigenvalue weighted by atomic mass is 79.9. The van der Waals surface area contributed by atoms with E-state index in [9.17, 15) is 4.39 Å². The molecule has 2 rings (SSSR count). The zero-order valence-corrected chi connectivity index (χ0v) is 14.7. The molecule has 0 bridgehead atoms. The third kappa shape index (κ3) is 3.63. The molecule has 0 atom stereocenters. The molecule has 0 N–H and O–H groups in total. The molecule has 0 aliphatic heterocycles. The third-order valence-electron chi connectivity index (χ3n) is 3.42. The van der Waals surface area contributed by atoms with Crippen molar-refractivity contribution in [2.75, 3.05) is 10.7 Å². The van der Waals surface area contributed by atoms with E-state index in [-0.39, 0.29) is 11.2 Å². The maximum atomic E-state index is 13.1. The summed E-state index contributed by atoms with van der Waals surface area (Å²) in [5.74, 6) is -0.210. The molecular formula is C16H14Br2ClF. The molecule has 106 valence electrons.